The fourth-order valence-corrected chi connectivity index (χ4v) is 4.18. The predicted octanol–water partition coefficient (Wildman–Crippen LogP) is 3.65. The average Bonchev–Trinajstić information content (AvgIpc) is 2.10. The minimum Gasteiger partial charge on any atom is -0.325 e. The van der Waals surface area contributed by atoms with Gasteiger partial charge in [0.2, 0.25) is 0 Å². The monoisotopic (exact) mass is 254 g/mol. The van der Waals surface area contributed by atoms with Crippen molar-refractivity contribution in [2.24, 2.45) is 17.1 Å². The van der Waals surface area contributed by atoms with Crippen molar-refractivity contribution in [2.75, 3.05) is 7.05 Å². The van der Waals surface area contributed by atoms with Crippen molar-refractivity contribution in [3.63, 3.8) is 0 Å². The first kappa shape index (κ1) is 16.0. The van der Waals surface area contributed by atoms with Crippen LogP contribution in [0.3, 0.4) is 0 Å². The molecule has 0 radical (unpaired) electrons. The second kappa shape index (κ2) is 5.50. The van der Waals surface area contributed by atoms with Crippen molar-refractivity contribution in [3.05, 3.63) is 0 Å². The highest BCUT2D eigenvalue weighted by Crippen LogP contribution is 2.37. The Kier molecular flexibility index (Phi) is 4.88. The van der Waals surface area contributed by atoms with Crippen molar-refractivity contribution < 1.29 is 0 Å². The van der Waals surface area contributed by atoms with Gasteiger partial charge in [0.1, 0.15) is 0 Å². The second-order valence-electron chi connectivity index (χ2n) is 8.10. The minimum atomic E-state index is -0.0275. The highest BCUT2D eigenvalue weighted by atomic mass is 15.2. The molecule has 2 heteroatoms. The quantitative estimate of drug-likeness (QED) is 0.715. The van der Waals surface area contributed by atoms with Crippen LogP contribution in [0.15, 0.2) is 0 Å². The number of nitrogens with two attached hydrogens (primary N) is 1. The average molecular weight is 254 g/mol. The summed E-state index contributed by atoms with van der Waals surface area (Å²) in [5.41, 5.74) is 6.91. The molecule has 1 aliphatic heterocycles. The van der Waals surface area contributed by atoms with Gasteiger partial charge in [0.15, 0.2) is 0 Å². The lowest BCUT2D eigenvalue weighted by Gasteiger charge is -2.43. The Morgan fingerprint density at radius 1 is 0.889 bits per heavy atom. The molecule has 4 atom stereocenters. The Hall–Kier alpha value is -0.0800. The van der Waals surface area contributed by atoms with E-state index in [1.807, 2.05) is 0 Å². The maximum atomic E-state index is 6.52. The first-order valence-corrected chi connectivity index (χ1v) is 7.53. The van der Waals surface area contributed by atoms with E-state index in [0.717, 1.165) is 18.8 Å². The van der Waals surface area contributed by atoms with Gasteiger partial charge in [-0.1, -0.05) is 20.8 Å². The van der Waals surface area contributed by atoms with Gasteiger partial charge in [0.25, 0.3) is 0 Å². The Bertz CT molecular complexity index is 244. The summed E-state index contributed by atoms with van der Waals surface area (Å²) in [5, 5.41) is 0. The van der Waals surface area contributed by atoms with Gasteiger partial charge in [-0.15, -0.1) is 0 Å². The molecule has 0 aromatic carbocycles. The van der Waals surface area contributed by atoms with Crippen LogP contribution in [-0.2, 0) is 0 Å². The highest BCUT2D eigenvalue weighted by Gasteiger charge is 2.33. The Morgan fingerprint density at radius 3 is 1.94 bits per heavy atom. The molecular weight excluding hydrogens is 220 g/mol. The van der Waals surface area contributed by atoms with Crippen LogP contribution < -0.4 is 5.73 Å². The van der Waals surface area contributed by atoms with E-state index < -0.39 is 0 Å². The first-order chi connectivity index (χ1) is 8.02. The van der Waals surface area contributed by atoms with Gasteiger partial charge in [-0.3, -0.25) is 0 Å². The zero-order valence-electron chi connectivity index (χ0n) is 13.6. The molecule has 2 N–H and O–H groups in total. The number of rotatable bonds is 0. The fraction of sp³-hybridized carbons (Fsp3) is 1.00. The van der Waals surface area contributed by atoms with Crippen molar-refractivity contribution in [2.45, 2.75) is 84.8 Å². The molecule has 0 bridgehead atoms. The topological polar surface area (TPSA) is 29.3 Å². The molecule has 0 amide bonds. The molecule has 0 saturated carbocycles. The summed E-state index contributed by atoms with van der Waals surface area (Å²) in [5.74, 6) is 0.720. The standard InChI is InChI=1S/C16H34N2/c1-12-8-15(4,5)10-13(2)18(7)14(3)11-16(6,17)9-12/h12-14H,8-11,17H2,1-7H3. The van der Waals surface area contributed by atoms with Gasteiger partial charge in [0.05, 0.1) is 0 Å². The normalized spacial score (nSPS) is 43.7. The molecule has 0 spiro atoms. The van der Waals surface area contributed by atoms with Crippen molar-refractivity contribution in [1.82, 2.24) is 4.90 Å². The maximum Gasteiger partial charge on any atom is 0.0143 e. The molecule has 2 nitrogen and oxygen atoms in total. The van der Waals surface area contributed by atoms with Crippen LogP contribution in [0.5, 0.6) is 0 Å². The smallest absolute Gasteiger partial charge is 0.0143 e. The number of nitrogens with zero attached hydrogens (tertiary/aromatic N) is 1. The van der Waals surface area contributed by atoms with Crippen LogP contribution in [0.2, 0.25) is 0 Å². The SMILES string of the molecule is CC1CC(C)(C)CC(C)N(C)C(C)CC(C)(N)C1. The zero-order chi connectivity index (χ0) is 14.1. The van der Waals surface area contributed by atoms with Gasteiger partial charge in [-0.2, -0.15) is 0 Å². The van der Waals surface area contributed by atoms with Gasteiger partial charge in [-0.25, -0.2) is 0 Å². The van der Waals surface area contributed by atoms with Crippen LogP contribution >= 0.6 is 0 Å². The summed E-state index contributed by atoms with van der Waals surface area (Å²) in [4.78, 5) is 2.52. The third-order valence-electron chi connectivity index (χ3n) is 4.72. The van der Waals surface area contributed by atoms with E-state index in [-0.39, 0.29) is 5.54 Å². The predicted molar refractivity (Wildman–Crippen MR) is 80.7 cm³/mol. The maximum absolute atomic E-state index is 6.52. The Labute approximate surface area is 114 Å². The van der Waals surface area contributed by atoms with E-state index in [1.165, 1.54) is 12.8 Å². The lowest BCUT2D eigenvalue weighted by molar-refractivity contribution is 0.0908. The van der Waals surface area contributed by atoms with E-state index in [0.29, 0.717) is 17.5 Å². The molecular formula is C16H34N2. The van der Waals surface area contributed by atoms with E-state index in [9.17, 15) is 0 Å². The summed E-state index contributed by atoms with van der Waals surface area (Å²) < 4.78 is 0. The lowest BCUT2D eigenvalue weighted by atomic mass is 9.73. The molecule has 1 heterocycles. The zero-order valence-corrected chi connectivity index (χ0v) is 13.6. The van der Waals surface area contributed by atoms with Crippen LogP contribution in [0.25, 0.3) is 0 Å². The van der Waals surface area contributed by atoms with E-state index in [2.05, 4.69) is 53.5 Å². The molecule has 108 valence electrons. The lowest BCUT2D eigenvalue weighted by Crippen LogP contribution is -2.49. The molecule has 1 aliphatic rings. The van der Waals surface area contributed by atoms with Crippen LogP contribution in [0, 0.1) is 11.3 Å². The van der Waals surface area contributed by atoms with E-state index in [4.69, 9.17) is 5.73 Å². The fourth-order valence-electron chi connectivity index (χ4n) is 4.18. The number of hydrogen-bond acceptors (Lipinski definition) is 2. The van der Waals surface area contributed by atoms with Crippen molar-refractivity contribution >= 4 is 0 Å². The van der Waals surface area contributed by atoms with Crippen LogP contribution in [0.4, 0.5) is 0 Å². The third kappa shape index (κ3) is 4.55. The second-order valence-corrected chi connectivity index (χ2v) is 8.10. The largest absolute Gasteiger partial charge is 0.325 e. The summed E-state index contributed by atoms with van der Waals surface area (Å²) in [6.07, 6.45) is 4.80. The Morgan fingerprint density at radius 2 is 1.39 bits per heavy atom. The molecule has 1 fully saturated rings. The van der Waals surface area contributed by atoms with Gasteiger partial charge in [-0.05, 0) is 64.8 Å². The van der Waals surface area contributed by atoms with E-state index >= 15 is 0 Å². The number of hydrogen-bond donors (Lipinski definition) is 1. The molecule has 1 saturated heterocycles. The molecule has 0 aliphatic carbocycles. The van der Waals surface area contributed by atoms with Crippen molar-refractivity contribution in [1.29, 1.82) is 0 Å². The minimum absolute atomic E-state index is 0.0275. The highest BCUT2D eigenvalue weighted by molar-refractivity contribution is 4.90. The molecule has 4 unspecified atom stereocenters. The third-order valence-corrected chi connectivity index (χ3v) is 4.72. The molecule has 1 rings (SSSR count). The summed E-state index contributed by atoms with van der Waals surface area (Å²) in [6.45, 7) is 14.1. The molecule has 0 aromatic rings. The van der Waals surface area contributed by atoms with Crippen LogP contribution in [0.1, 0.15) is 67.2 Å². The van der Waals surface area contributed by atoms with E-state index in [1.54, 1.807) is 0 Å². The van der Waals surface area contributed by atoms with Crippen LogP contribution in [-0.4, -0.2) is 29.6 Å². The summed E-state index contributed by atoms with van der Waals surface area (Å²) >= 11 is 0. The summed E-state index contributed by atoms with van der Waals surface area (Å²) in [6, 6.07) is 1.20. The van der Waals surface area contributed by atoms with Crippen molar-refractivity contribution in [3.8, 4) is 0 Å². The Balaban J connectivity index is 2.90. The van der Waals surface area contributed by atoms with Gasteiger partial charge >= 0.3 is 0 Å². The summed E-state index contributed by atoms with van der Waals surface area (Å²) in [7, 11) is 2.26. The van der Waals surface area contributed by atoms with Gasteiger partial charge in [0, 0.05) is 17.6 Å². The van der Waals surface area contributed by atoms with Gasteiger partial charge < -0.3 is 10.6 Å². The molecule has 18 heavy (non-hydrogen) atoms. The molecule has 0 aromatic heterocycles. The first-order valence-electron chi connectivity index (χ1n) is 7.53.